The first-order valence-corrected chi connectivity index (χ1v) is 10.2. The summed E-state index contributed by atoms with van der Waals surface area (Å²) in [5.74, 6) is 0.385. The van der Waals surface area contributed by atoms with Crippen LogP contribution in [0.1, 0.15) is 37.3 Å². The number of ether oxygens (including phenoxy) is 1. The number of aliphatic hydroxyl groups excluding tert-OH is 1. The highest BCUT2D eigenvalue weighted by atomic mass is 32.1. The van der Waals surface area contributed by atoms with Crippen LogP contribution in [0.3, 0.4) is 0 Å². The average Bonchev–Trinajstić information content (AvgIpc) is 2.67. The van der Waals surface area contributed by atoms with Crippen molar-refractivity contribution < 1.29 is 23.0 Å². The molecule has 0 unspecified atom stereocenters. The monoisotopic (exact) mass is 422 g/mol. The Labute approximate surface area is 170 Å². The molecular weight excluding hydrogens is 401 g/mol. The molecule has 0 saturated carbocycles. The summed E-state index contributed by atoms with van der Waals surface area (Å²) < 4.78 is 46.4. The molecular formula is C22H21F3O3S. The summed E-state index contributed by atoms with van der Waals surface area (Å²) in [6, 6.07) is 10.6. The summed E-state index contributed by atoms with van der Waals surface area (Å²) in [6.07, 6.45) is -1.19. The lowest BCUT2D eigenvalue weighted by atomic mass is 9.96. The van der Waals surface area contributed by atoms with Gasteiger partial charge >= 0.3 is 6.18 Å². The van der Waals surface area contributed by atoms with Gasteiger partial charge in [-0.25, -0.2) is 0 Å². The minimum Gasteiger partial charge on any atom is -0.468 e. The van der Waals surface area contributed by atoms with E-state index in [2.05, 4.69) is 0 Å². The molecule has 2 aromatic carbocycles. The van der Waals surface area contributed by atoms with Gasteiger partial charge in [0.2, 0.25) is 4.74 Å². The van der Waals surface area contributed by atoms with Gasteiger partial charge in [-0.3, -0.25) is 4.79 Å². The molecule has 0 radical (unpaired) electrons. The number of unbranched alkanes of at least 4 members (excludes halogenated alkanes) is 2. The molecule has 0 saturated heterocycles. The Morgan fingerprint density at radius 2 is 1.83 bits per heavy atom. The molecule has 0 fully saturated rings. The van der Waals surface area contributed by atoms with Crippen LogP contribution in [-0.2, 0) is 12.6 Å². The lowest BCUT2D eigenvalue weighted by molar-refractivity contribution is -0.137. The van der Waals surface area contributed by atoms with Crippen LogP contribution < -0.4 is 9.48 Å². The van der Waals surface area contributed by atoms with Crippen LogP contribution in [0, 0.1) is 0 Å². The van der Waals surface area contributed by atoms with Crippen LogP contribution in [0.2, 0.25) is 0 Å². The van der Waals surface area contributed by atoms with Crippen molar-refractivity contribution in [3.8, 4) is 16.9 Å². The summed E-state index contributed by atoms with van der Waals surface area (Å²) in [6.45, 7) is 1.54. The maximum Gasteiger partial charge on any atom is 0.417 e. The number of hydrogen-bond donors (Lipinski definition) is 1. The minimum absolute atomic E-state index is 0.0331. The zero-order valence-electron chi connectivity index (χ0n) is 15.9. The van der Waals surface area contributed by atoms with Gasteiger partial charge in [-0.05, 0) is 59.7 Å². The molecule has 154 valence electrons. The van der Waals surface area contributed by atoms with E-state index in [1.165, 1.54) is 12.1 Å². The first-order valence-electron chi connectivity index (χ1n) is 9.35. The fourth-order valence-corrected chi connectivity index (χ4v) is 4.14. The van der Waals surface area contributed by atoms with E-state index < -0.39 is 23.3 Å². The predicted molar refractivity (Wildman–Crippen MR) is 109 cm³/mol. The van der Waals surface area contributed by atoms with Gasteiger partial charge in [0, 0.05) is 10.3 Å². The largest absolute Gasteiger partial charge is 0.468 e. The molecule has 0 atom stereocenters. The molecule has 1 aromatic heterocycles. The highest BCUT2D eigenvalue weighted by Gasteiger charge is 2.34. The maximum atomic E-state index is 13.7. The molecule has 29 heavy (non-hydrogen) atoms. The molecule has 1 N–H and O–H groups in total. The zero-order valence-corrected chi connectivity index (χ0v) is 16.7. The molecule has 0 aliphatic carbocycles. The van der Waals surface area contributed by atoms with Crippen LogP contribution in [0.4, 0.5) is 13.2 Å². The van der Waals surface area contributed by atoms with E-state index in [-0.39, 0.29) is 11.1 Å². The fourth-order valence-electron chi connectivity index (χ4n) is 3.24. The highest BCUT2D eigenvalue weighted by Crippen LogP contribution is 2.38. The van der Waals surface area contributed by atoms with Gasteiger partial charge in [-0.1, -0.05) is 43.2 Å². The molecule has 3 nitrogen and oxygen atoms in total. The highest BCUT2D eigenvalue weighted by molar-refractivity contribution is 7.16. The number of rotatable bonds is 7. The zero-order chi connectivity index (χ0) is 21.0. The van der Waals surface area contributed by atoms with E-state index in [9.17, 15) is 18.0 Å². The molecule has 0 spiro atoms. The molecule has 7 heteroatoms. The van der Waals surface area contributed by atoms with Gasteiger partial charge in [-0.15, -0.1) is 0 Å². The Morgan fingerprint density at radius 1 is 1.03 bits per heavy atom. The predicted octanol–water partition coefficient (Wildman–Crippen LogP) is 6.01. The molecule has 0 amide bonds. The minimum atomic E-state index is -4.55. The summed E-state index contributed by atoms with van der Waals surface area (Å²) in [5, 5.41) is 9.48. The number of benzene rings is 2. The van der Waals surface area contributed by atoms with Crippen LogP contribution in [0.15, 0.2) is 47.3 Å². The third-order valence-electron chi connectivity index (χ3n) is 4.69. The van der Waals surface area contributed by atoms with Gasteiger partial charge in [-0.2, -0.15) is 13.2 Å². The standard InChI is InChI=1S/C22H21F3O3S/c1-2-3-4-5-14-6-9-17(19(10-14)22(23,24)25)18-11-15-7-8-16(28-13-26)12-20(15)29-21(18)27/h6-12,26H,2-5,13H2,1H3. The van der Waals surface area contributed by atoms with Gasteiger partial charge in [0.25, 0.3) is 0 Å². The third-order valence-corrected chi connectivity index (χ3v) is 5.67. The fraction of sp³-hybridized carbons (Fsp3) is 0.318. The van der Waals surface area contributed by atoms with E-state index in [4.69, 9.17) is 9.84 Å². The Bertz CT molecular complexity index is 1060. The number of aliphatic hydroxyl groups is 1. The normalized spacial score (nSPS) is 11.8. The first kappa shape index (κ1) is 21.3. The smallest absolute Gasteiger partial charge is 0.417 e. The second kappa shape index (κ2) is 8.97. The molecule has 0 bridgehead atoms. The van der Waals surface area contributed by atoms with E-state index in [1.807, 2.05) is 6.92 Å². The topological polar surface area (TPSA) is 46.5 Å². The number of fused-ring (bicyclic) bond motifs is 1. The first-order chi connectivity index (χ1) is 13.8. The van der Waals surface area contributed by atoms with Crippen molar-refractivity contribution in [2.75, 3.05) is 6.79 Å². The van der Waals surface area contributed by atoms with E-state index in [1.54, 1.807) is 24.3 Å². The van der Waals surface area contributed by atoms with Gasteiger partial charge in [0.05, 0.1) is 5.56 Å². The average molecular weight is 422 g/mol. The number of aryl methyl sites for hydroxylation is 1. The van der Waals surface area contributed by atoms with Crippen molar-refractivity contribution in [2.24, 2.45) is 0 Å². The quantitative estimate of drug-likeness (QED) is 0.375. The van der Waals surface area contributed by atoms with Crippen LogP contribution in [0.25, 0.3) is 21.2 Å². The Morgan fingerprint density at radius 3 is 2.52 bits per heavy atom. The maximum absolute atomic E-state index is 13.7. The molecule has 1 heterocycles. The van der Waals surface area contributed by atoms with Crippen molar-refractivity contribution in [2.45, 2.75) is 38.8 Å². The Balaban J connectivity index is 2.08. The number of alkyl halides is 3. The van der Waals surface area contributed by atoms with E-state index in [0.717, 1.165) is 36.7 Å². The third kappa shape index (κ3) is 4.97. The second-order valence-corrected chi connectivity index (χ2v) is 7.77. The second-order valence-electron chi connectivity index (χ2n) is 6.76. The SMILES string of the molecule is CCCCCc1ccc(-c2cc3ccc(OCO)cc3sc2=O)c(C(F)(F)F)c1. The van der Waals surface area contributed by atoms with Crippen molar-refractivity contribution in [3.63, 3.8) is 0 Å². The summed E-state index contributed by atoms with van der Waals surface area (Å²) in [7, 11) is 0. The van der Waals surface area contributed by atoms with Crippen molar-refractivity contribution >= 4 is 21.4 Å². The summed E-state index contributed by atoms with van der Waals surface area (Å²) >= 11 is 0.859. The van der Waals surface area contributed by atoms with Crippen LogP contribution in [-0.4, -0.2) is 11.9 Å². The number of halogens is 3. The molecule has 3 rings (SSSR count). The van der Waals surface area contributed by atoms with E-state index in [0.29, 0.717) is 27.8 Å². The van der Waals surface area contributed by atoms with Gasteiger partial charge in [0.1, 0.15) is 5.75 Å². The molecule has 0 aliphatic heterocycles. The lowest BCUT2D eigenvalue weighted by Crippen LogP contribution is -2.11. The molecule has 3 aromatic rings. The van der Waals surface area contributed by atoms with Crippen LogP contribution in [0.5, 0.6) is 5.75 Å². The Kier molecular flexibility index (Phi) is 6.59. The Hall–Kier alpha value is -2.38. The van der Waals surface area contributed by atoms with Crippen molar-refractivity contribution in [1.82, 2.24) is 0 Å². The van der Waals surface area contributed by atoms with Crippen molar-refractivity contribution in [1.29, 1.82) is 0 Å². The van der Waals surface area contributed by atoms with Crippen molar-refractivity contribution in [3.05, 3.63) is 63.1 Å². The van der Waals surface area contributed by atoms with Gasteiger partial charge < -0.3 is 9.84 Å². The summed E-state index contributed by atoms with van der Waals surface area (Å²) in [4.78, 5) is 12.6. The lowest BCUT2D eigenvalue weighted by Gasteiger charge is -2.15. The summed E-state index contributed by atoms with van der Waals surface area (Å²) in [5.41, 5.74) is -0.228. The molecule has 0 aliphatic rings. The number of hydrogen-bond acceptors (Lipinski definition) is 4. The van der Waals surface area contributed by atoms with Gasteiger partial charge in [0.15, 0.2) is 6.79 Å². The van der Waals surface area contributed by atoms with E-state index >= 15 is 0 Å². The van der Waals surface area contributed by atoms with Crippen LogP contribution >= 0.6 is 11.3 Å².